The first-order valence-electron chi connectivity index (χ1n) is 4.63. The molecular weight excluding hydrogens is 184 g/mol. The van der Waals surface area contributed by atoms with E-state index < -0.39 is 0 Å². The normalized spacial score (nSPS) is 22.2. The molecule has 3 heteroatoms. The Kier molecular flexibility index (Phi) is 2.51. The maximum Gasteiger partial charge on any atom is 0.131 e. The molecule has 13 heavy (non-hydrogen) atoms. The number of pyridine rings is 1. The summed E-state index contributed by atoms with van der Waals surface area (Å²) >= 11 is 5.86. The maximum absolute atomic E-state index is 5.86. The van der Waals surface area contributed by atoms with Gasteiger partial charge in [0.05, 0.1) is 0 Å². The predicted molar refractivity (Wildman–Crippen MR) is 54.0 cm³/mol. The lowest BCUT2D eigenvalue weighted by Gasteiger charge is -2.10. The summed E-state index contributed by atoms with van der Waals surface area (Å²) in [5, 5.41) is 4.05. The molecule has 2 rings (SSSR count). The SMILES string of the molecule is Cc1cc([C@@H]2CCCN2)cnc1Cl. The topological polar surface area (TPSA) is 24.9 Å². The summed E-state index contributed by atoms with van der Waals surface area (Å²) in [4.78, 5) is 4.15. The number of halogens is 1. The van der Waals surface area contributed by atoms with Gasteiger partial charge in [0.15, 0.2) is 0 Å². The fraction of sp³-hybridized carbons (Fsp3) is 0.500. The molecule has 1 aliphatic heterocycles. The van der Waals surface area contributed by atoms with Gasteiger partial charge in [0.1, 0.15) is 5.15 Å². The molecule has 0 spiro atoms. The lowest BCUT2D eigenvalue weighted by molar-refractivity contribution is 0.644. The Hall–Kier alpha value is -0.600. The van der Waals surface area contributed by atoms with Crippen molar-refractivity contribution in [1.29, 1.82) is 0 Å². The Labute approximate surface area is 83.3 Å². The van der Waals surface area contributed by atoms with Crippen molar-refractivity contribution in [2.45, 2.75) is 25.8 Å². The van der Waals surface area contributed by atoms with Crippen LogP contribution in [0.15, 0.2) is 12.3 Å². The number of aryl methyl sites for hydroxylation is 1. The number of nitrogens with zero attached hydrogens (tertiary/aromatic N) is 1. The van der Waals surface area contributed by atoms with Crippen molar-refractivity contribution in [2.24, 2.45) is 0 Å². The lowest BCUT2D eigenvalue weighted by Crippen LogP contribution is -2.13. The molecule has 70 valence electrons. The number of rotatable bonds is 1. The van der Waals surface area contributed by atoms with Gasteiger partial charge in [-0.1, -0.05) is 11.6 Å². The standard InChI is InChI=1S/C10H13ClN2/c1-7-5-8(6-13-10(7)11)9-3-2-4-12-9/h5-6,9,12H,2-4H2,1H3/t9-/m0/s1. The zero-order valence-electron chi connectivity index (χ0n) is 7.68. The molecule has 0 amide bonds. The van der Waals surface area contributed by atoms with Gasteiger partial charge in [0, 0.05) is 12.2 Å². The van der Waals surface area contributed by atoms with Gasteiger partial charge < -0.3 is 5.32 Å². The molecule has 1 aromatic heterocycles. The van der Waals surface area contributed by atoms with Crippen LogP contribution in [-0.2, 0) is 0 Å². The van der Waals surface area contributed by atoms with E-state index in [4.69, 9.17) is 11.6 Å². The van der Waals surface area contributed by atoms with Gasteiger partial charge in [-0.2, -0.15) is 0 Å². The maximum atomic E-state index is 5.86. The minimum absolute atomic E-state index is 0.489. The van der Waals surface area contributed by atoms with Gasteiger partial charge in [-0.05, 0) is 43.5 Å². The van der Waals surface area contributed by atoms with Crippen molar-refractivity contribution in [2.75, 3.05) is 6.54 Å². The Morgan fingerprint density at radius 3 is 3.08 bits per heavy atom. The minimum Gasteiger partial charge on any atom is -0.310 e. The molecule has 1 aliphatic rings. The third kappa shape index (κ3) is 1.84. The van der Waals surface area contributed by atoms with E-state index in [1.54, 1.807) is 0 Å². The van der Waals surface area contributed by atoms with E-state index in [-0.39, 0.29) is 0 Å². The van der Waals surface area contributed by atoms with Crippen LogP contribution < -0.4 is 5.32 Å². The van der Waals surface area contributed by atoms with Crippen molar-refractivity contribution in [3.8, 4) is 0 Å². The Balaban J connectivity index is 2.25. The van der Waals surface area contributed by atoms with Crippen LogP contribution in [0.1, 0.15) is 30.0 Å². The van der Waals surface area contributed by atoms with Gasteiger partial charge >= 0.3 is 0 Å². The molecule has 0 unspecified atom stereocenters. The molecule has 1 aromatic rings. The predicted octanol–water partition coefficient (Wildman–Crippen LogP) is 2.47. The summed E-state index contributed by atoms with van der Waals surface area (Å²) in [7, 11) is 0. The number of nitrogens with one attached hydrogen (secondary N) is 1. The van der Waals surface area contributed by atoms with E-state index in [0.717, 1.165) is 12.1 Å². The molecule has 2 heterocycles. The highest BCUT2D eigenvalue weighted by molar-refractivity contribution is 6.30. The molecule has 0 aromatic carbocycles. The van der Waals surface area contributed by atoms with Crippen LogP contribution in [0.5, 0.6) is 0 Å². The largest absolute Gasteiger partial charge is 0.310 e. The van der Waals surface area contributed by atoms with Gasteiger partial charge in [-0.15, -0.1) is 0 Å². The first-order valence-corrected chi connectivity index (χ1v) is 5.00. The second kappa shape index (κ2) is 3.64. The average Bonchev–Trinajstić information content (AvgIpc) is 2.62. The molecule has 1 fully saturated rings. The minimum atomic E-state index is 0.489. The first kappa shape index (κ1) is 8.97. The van der Waals surface area contributed by atoms with E-state index >= 15 is 0 Å². The van der Waals surface area contributed by atoms with Crippen molar-refractivity contribution < 1.29 is 0 Å². The second-order valence-electron chi connectivity index (χ2n) is 3.53. The van der Waals surface area contributed by atoms with Crippen molar-refractivity contribution in [3.05, 3.63) is 28.5 Å². The van der Waals surface area contributed by atoms with Crippen LogP contribution in [0.3, 0.4) is 0 Å². The molecule has 0 saturated carbocycles. The summed E-state index contributed by atoms with van der Waals surface area (Å²) < 4.78 is 0. The highest BCUT2D eigenvalue weighted by Crippen LogP contribution is 2.24. The van der Waals surface area contributed by atoms with E-state index in [2.05, 4.69) is 16.4 Å². The molecule has 0 bridgehead atoms. The Morgan fingerprint density at radius 1 is 1.62 bits per heavy atom. The smallest absolute Gasteiger partial charge is 0.131 e. The summed E-state index contributed by atoms with van der Waals surface area (Å²) in [5.74, 6) is 0. The number of hydrogen-bond acceptors (Lipinski definition) is 2. The Morgan fingerprint density at radius 2 is 2.46 bits per heavy atom. The summed E-state index contributed by atoms with van der Waals surface area (Å²) in [5.41, 5.74) is 2.33. The van der Waals surface area contributed by atoms with Crippen LogP contribution in [0.2, 0.25) is 5.15 Å². The summed E-state index contributed by atoms with van der Waals surface area (Å²) in [6, 6.07) is 2.61. The van der Waals surface area contributed by atoms with Crippen LogP contribution in [0, 0.1) is 6.92 Å². The lowest BCUT2D eigenvalue weighted by atomic mass is 10.1. The van der Waals surface area contributed by atoms with Crippen molar-refractivity contribution in [3.63, 3.8) is 0 Å². The number of hydrogen-bond donors (Lipinski definition) is 1. The van der Waals surface area contributed by atoms with Gasteiger partial charge in [0.2, 0.25) is 0 Å². The third-order valence-electron chi connectivity index (χ3n) is 2.50. The van der Waals surface area contributed by atoms with Crippen molar-refractivity contribution in [1.82, 2.24) is 10.3 Å². The fourth-order valence-electron chi connectivity index (χ4n) is 1.74. The van der Waals surface area contributed by atoms with E-state index in [0.29, 0.717) is 11.2 Å². The third-order valence-corrected chi connectivity index (χ3v) is 2.89. The summed E-state index contributed by atoms with van der Waals surface area (Å²) in [6.07, 6.45) is 4.34. The molecule has 1 atom stereocenters. The van der Waals surface area contributed by atoms with Crippen LogP contribution in [-0.4, -0.2) is 11.5 Å². The van der Waals surface area contributed by atoms with Gasteiger partial charge in [-0.25, -0.2) is 4.98 Å². The van der Waals surface area contributed by atoms with E-state index in [1.165, 1.54) is 18.4 Å². The highest BCUT2D eigenvalue weighted by Gasteiger charge is 2.16. The molecular formula is C10H13ClN2. The monoisotopic (exact) mass is 196 g/mol. The van der Waals surface area contributed by atoms with Crippen LogP contribution >= 0.6 is 11.6 Å². The summed E-state index contributed by atoms with van der Waals surface area (Å²) in [6.45, 7) is 3.11. The van der Waals surface area contributed by atoms with E-state index in [9.17, 15) is 0 Å². The zero-order chi connectivity index (χ0) is 9.26. The van der Waals surface area contributed by atoms with Crippen LogP contribution in [0.25, 0.3) is 0 Å². The van der Waals surface area contributed by atoms with Crippen molar-refractivity contribution >= 4 is 11.6 Å². The first-order chi connectivity index (χ1) is 6.27. The average molecular weight is 197 g/mol. The second-order valence-corrected chi connectivity index (χ2v) is 3.88. The molecule has 0 aliphatic carbocycles. The van der Waals surface area contributed by atoms with E-state index in [1.807, 2.05) is 13.1 Å². The molecule has 2 nitrogen and oxygen atoms in total. The number of aromatic nitrogens is 1. The molecule has 1 N–H and O–H groups in total. The van der Waals surface area contributed by atoms with Gasteiger partial charge in [0.25, 0.3) is 0 Å². The van der Waals surface area contributed by atoms with Gasteiger partial charge in [-0.3, -0.25) is 0 Å². The quantitative estimate of drug-likeness (QED) is 0.699. The zero-order valence-corrected chi connectivity index (χ0v) is 8.43. The highest BCUT2D eigenvalue weighted by atomic mass is 35.5. The fourth-order valence-corrected chi connectivity index (χ4v) is 1.84. The Bertz CT molecular complexity index is 306. The molecule has 1 saturated heterocycles. The van der Waals surface area contributed by atoms with Crippen LogP contribution in [0.4, 0.5) is 0 Å². The molecule has 0 radical (unpaired) electrons.